The summed E-state index contributed by atoms with van der Waals surface area (Å²) < 4.78 is 24.0. The second kappa shape index (κ2) is 9.42. The molecular weight excluding hydrogens is 330 g/mol. The Hall–Kier alpha value is -1.89. The molecule has 0 aliphatic heterocycles. The maximum Gasteiger partial charge on any atom is 0.326 e. The molecule has 2 N–H and O–H groups in total. The van der Waals surface area contributed by atoms with Crippen LogP contribution in [-0.2, 0) is 25.8 Å². The van der Waals surface area contributed by atoms with Gasteiger partial charge in [-0.05, 0) is 30.7 Å². The average Bonchev–Trinajstić information content (AvgIpc) is 2.46. The summed E-state index contributed by atoms with van der Waals surface area (Å²) in [7, 11) is -3.56. The molecule has 0 aliphatic carbocycles. The highest BCUT2D eigenvalue weighted by Crippen LogP contribution is 2.07. The second-order valence-corrected chi connectivity index (χ2v) is 8.45. The zero-order chi connectivity index (χ0) is 18.2. The maximum absolute atomic E-state index is 12.0. The molecule has 0 saturated heterocycles. The SMILES string of the molecule is CC(C)C[C@@H](NC(=O)CS(=O)(=O)CCCc1ccccc1)C(=O)O. The molecule has 1 atom stereocenters. The van der Waals surface area contributed by atoms with Crippen molar-refractivity contribution in [2.75, 3.05) is 11.5 Å². The molecule has 1 amide bonds. The second-order valence-electron chi connectivity index (χ2n) is 6.27. The molecule has 7 heteroatoms. The van der Waals surface area contributed by atoms with Crippen LogP contribution in [0.4, 0.5) is 0 Å². The Morgan fingerprint density at radius 1 is 1.17 bits per heavy atom. The van der Waals surface area contributed by atoms with Gasteiger partial charge in [0.25, 0.3) is 0 Å². The number of sulfone groups is 1. The molecule has 1 aromatic rings. The predicted octanol–water partition coefficient (Wildman–Crippen LogP) is 1.65. The highest BCUT2D eigenvalue weighted by molar-refractivity contribution is 7.92. The Bertz CT molecular complexity index is 640. The van der Waals surface area contributed by atoms with Gasteiger partial charge in [-0.2, -0.15) is 0 Å². The highest BCUT2D eigenvalue weighted by atomic mass is 32.2. The van der Waals surface area contributed by atoms with Crippen LogP contribution in [0.5, 0.6) is 0 Å². The summed E-state index contributed by atoms with van der Waals surface area (Å²) in [5, 5.41) is 11.4. The van der Waals surface area contributed by atoms with Crippen LogP contribution in [0.2, 0.25) is 0 Å². The van der Waals surface area contributed by atoms with E-state index in [1.807, 2.05) is 44.2 Å². The van der Waals surface area contributed by atoms with Gasteiger partial charge in [-0.1, -0.05) is 44.2 Å². The van der Waals surface area contributed by atoms with Gasteiger partial charge in [-0.15, -0.1) is 0 Å². The van der Waals surface area contributed by atoms with Crippen molar-refractivity contribution in [3.8, 4) is 0 Å². The van der Waals surface area contributed by atoms with Gasteiger partial charge in [0.2, 0.25) is 5.91 Å². The smallest absolute Gasteiger partial charge is 0.326 e. The van der Waals surface area contributed by atoms with E-state index in [-0.39, 0.29) is 18.1 Å². The summed E-state index contributed by atoms with van der Waals surface area (Å²) in [6.07, 6.45) is 1.30. The van der Waals surface area contributed by atoms with Crippen LogP contribution in [0.3, 0.4) is 0 Å². The molecule has 0 spiro atoms. The fourth-order valence-electron chi connectivity index (χ4n) is 2.34. The predicted molar refractivity (Wildman–Crippen MR) is 92.4 cm³/mol. The van der Waals surface area contributed by atoms with E-state index in [0.717, 1.165) is 5.56 Å². The fraction of sp³-hybridized carbons (Fsp3) is 0.529. The fourth-order valence-corrected chi connectivity index (χ4v) is 3.55. The van der Waals surface area contributed by atoms with Crippen LogP contribution in [0.15, 0.2) is 30.3 Å². The zero-order valence-electron chi connectivity index (χ0n) is 14.1. The van der Waals surface area contributed by atoms with Crippen LogP contribution in [0, 0.1) is 5.92 Å². The minimum Gasteiger partial charge on any atom is -0.480 e. The third-order valence-electron chi connectivity index (χ3n) is 3.46. The number of aryl methyl sites for hydroxylation is 1. The molecule has 0 aliphatic rings. The van der Waals surface area contributed by atoms with Crippen LogP contribution in [-0.4, -0.2) is 42.9 Å². The summed E-state index contributed by atoms with van der Waals surface area (Å²) in [4.78, 5) is 22.9. The lowest BCUT2D eigenvalue weighted by Gasteiger charge is -2.16. The Kier molecular flexibility index (Phi) is 7.91. The van der Waals surface area contributed by atoms with E-state index in [1.165, 1.54) is 0 Å². The van der Waals surface area contributed by atoms with Crippen molar-refractivity contribution in [1.82, 2.24) is 5.32 Å². The van der Waals surface area contributed by atoms with E-state index in [2.05, 4.69) is 5.32 Å². The summed E-state index contributed by atoms with van der Waals surface area (Å²) >= 11 is 0. The van der Waals surface area contributed by atoms with Crippen LogP contribution in [0.25, 0.3) is 0 Å². The Balaban J connectivity index is 2.47. The first-order valence-electron chi connectivity index (χ1n) is 7.96. The largest absolute Gasteiger partial charge is 0.480 e. The number of carboxylic acid groups (broad SMARTS) is 1. The molecule has 0 fully saturated rings. The molecule has 0 bridgehead atoms. The lowest BCUT2D eigenvalue weighted by atomic mass is 10.0. The monoisotopic (exact) mass is 355 g/mol. The third kappa shape index (κ3) is 8.10. The van der Waals surface area contributed by atoms with Gasteiger partial charge in [0.1, 0.15) is 11.8 Å². The van der Waals surface area contributed by atoms with Gasteiger partial charge >= 0.3 is 5.97 Å². The van der Waals surface area contributed by atoms with Gasteiger partial charge in [0.05, 0.1) is 5.75 Å². The van der Waals surface area contributed by atoms with Crippen molar-refractivity contribution in [3.05, 3.63) is 35.9 Å². The van der Waals surface area contributed by atoms with Crippen molar-refractivity contribution < 1.29 is 23.1 Å². The normalized spacial score (nSPS) is 12.8. The minimum absolute atomic E-state index is 0.0777. The maximum atomic E-state index is 12.0. The summed E-state index contributed by atoms with van der Waals surface area (Å²) in [5.41, 5.74) is 1.04. The first-order chi connectivity index (χ1) is 11.2. The Morgan fingerprint density at radius 2 is 1.79 bits per heavy atom. The van der Waals surface area contributed by atoms with Gasteiger partial charge in [-0.25, -0.2) is 13.2 Å². The van der Waals surface area contributed by atoms with E-state index in [0.29, 0.717) is 12.8 Å². The number of carboxylic acids is 1. The molecule has 6 nitrogen and oxygen atoms in total. The van der Waals surface area contributed by atoms with E-state index in [1.54, 1.807) is 0 Å². The standard InChI is InChI=1S/C17H25NO5S/c1-13(2)11-15(17(20)21)18-16(19)12-24(22,23)10-6-9-14-7-4-3-5-8-14/h3-5,7-8,13,15H,6,9-12H2,1-2H3,(H,18,19)(H,20,21)/t15-/m1/s1. The number of rotatable bonds is 10. The molecule has 0 saturated carbocycles. The molecule has 0 heterocycles. The summed E-state index contributed by atoms with van der Waals surface area (Å²) in [6, 6.07) is 8.44. The molecular formula is C17H25NO5S. The van der Waals surface area contributed by atoms with Gasteiger partial charge < -0.3 is 10.4 Å². The molecule has 1 rings (SSSR count). The molecule has 0 unspecified atom stereocenters. The number of nitrogens with one attached hydrogen (secondary N) is 1. The van der Waals surface area contributed by atoms with E-state index in [4.69, 9.17) is 5.11 Å². The average molecular weight is 355 g/mol. The lowest BCUT2D eigenvalue weighted by Crippen LogP contribution is -2.44. The van der Waals surface area contributed by atoms with Crippen molar-refractivity contribution in [1.29, 1.82) is 0 Å². The molecule has 1 aromatic carbocycles. The first kappa shape index (κ1) is 20.2. The first-order valence-corrected chi connectivity index (χ1v) is 9.78. The molecule has 0 radical (unpaired) electrons. The number of aliphatic carboxylic acids is 1. The number of hydrogen-bond acceptors (Lipinski definition) is 4. The lowest BCUT2D eigenvalue weighted by molar-refractivity contribution is -0.141. The Labute approximate surface area is 143 Å². The Morgan fingerprint density at radius 3 is 2.33 bits per heavy atom. The number of amides is 1. The summed E-state index contributed by atoms with van der Waals surface area (Å²) in [5.74, 6) is -2.61. The van der Waals surface area contributed by atoms with Crippen molar-refractivity contribution in [2.45, 2.75) is 39.2 Å². The van der Waals surface area contributed by atoms with Crippen molar-refractivity contribution in [3.63, 3.8) is 0 Å². The van der Waals surface area contributed by atoms with E-state index < -0.39 is 33.5 Å². The van der Waals surface area contributed by atoms with Gasteiger partial charge in [0.15, 0.2) is 9.84 Å². The van der Waals surface area contributed by atoms with E-state index in [9.17, 15) is 18.0 Å². The summed E-state index contributed by atoms with van der Waals surface area (Å²) in [6.45, 7) is 3.67. The number of carbonyl (C=O) groups is 2. The molecule has 24 heavy (non-hydrogen) atoms. The van der Waals surface area contributed by atoms with Crippen LogP contribution < -0.4 is 5.32 Å². The number of benzene rings is 1. The van der Waals surface area contributed by atoms with Crippen molar-refractivity contribution >= 4 is 21.7 Å². The number of hydrogen-bond donors (Lipinski definition) is 2. The van der Waals surface area contributed by atoms with Crippen LogP contribution in [0.1, 0.15) is 32.3 Å². The minimum atomic E-state index is -3.56. The van der Waals surface area contributed by atoms with E-state index >= 15 is 0 Å². The molecule has 134 valence electrons. The third-order valence-corrected chi connectivity index (χ3v) is 5.07. The van der Waals surface area contributed by atoms with Gasteiger partial charge in [-0.3, -0.25) is 4.79 Å². The van der Waals surface area contributed by atoms with Gasteiger partial charge in [0, 0.05) is 0 Å². The van der Waals surface area contributed by atoms with Crippen LogP contribution >= 0.6 is 0 Å². The van der Waals surface area contributed by atoms with Crippen molar-refractivity contribution in [2.24, 2.45) is 5.92 Å². The zero-order valence-corrected chi connectivity index (χ0v) is 14.9. The number of carbonyl (C=O) groups excluding carboxylic acids is 1. The molecule has 0 aromatic heterocycles. The quantitative estimate of drug-likeness (QED) is 0.665. The topological polar surface area (TPSA) is 101 Å². The highest BCUT2D eigenvalue weighted by Gasteiger charge is 2.24.